The third-order valence-corrected chi connectivity index (χ3v) is 5.59. The Morgan fingerprint density at radius 2 is 1.90 bits per heavy atom. The van der Waals surface area contributed by atoms with E-state index in [9.17, 15) is 9.59 Å². The number of anilines is 1. The molecule has 30 heavy (non-hydrogen) atoms. The number of aryl methyl sites for hydroxylation is 1. The van der Waals surface area contributed by atoms with E-state index < -0.39 is 6.10 Å². The van der Waals surface area contributed by atoms with Crippen LogP contribution < -0.4 is 20.3 Å². The molecule has 0 aromatic heterocycles. The molecule has 2 aliphatic rings. The van der Waals surface area contributed by atoms with Crippen molar-refractivity contribution in [2.24, 2.45) is 0 Å². The lowest BCUT2D eigenvalue weighted by Gasteiger charge is -2.29. The molecular weight excluding hydrogens is 382 g/mol. The average Bonchev–Trinajstić information content (AvgIpc) is 2.75. The van der Waals surface area contributed by atoms with Crippen LogP contribution >= 0.6 is 0 Å². The molecule has 0 radical (unpaired) electrons. The predicted molar refractivity (Wildman–Crippen MR) is 113 cm³/mol. The molecule has 158 valence electrons. The number of rotatable bonds is 6. The Morgan fingerprint density at radius 3 is 2.67 bits per heavy atom. The molecule has 2 atom stereocenters. The van der Waals surface area contributed by atoms with Crippen molar-refractivity contribution >= 4 is 17.5 Å². The second-order valence-electron chi connectivity index (χ2n) is 7.89. The Morgan fingerprint density at radius 1 is 1.17 bits per heavy atom. The molecule has 2 amide bonds. The van der Waals surface area contributed by atoms with Crippen molar-refractivity contribution in [3.05, 3.63) is 59.7 Å². The standard InChI is InChI=1S/C23H27N3O4/c1-16-6-8-17(9-7-16)19(15-26-10-12-29-13-11-26)24-22(27)14-21-23(28)25-18-4-2-3-5-20(18)30-21/h2-9,19,21H,10-15H2,1H3,(H,24,27)(H,25,28)/p+1/t19-,21+/m1/s1. The number of carbonyl (C=O) groups is 2. The van der Waals surface area contributed by atoms with Crippen molar-refractivity contribution in [2.75, 3.05) is 38.2 Å². The molecule has 0 saturated carbocycles. The Hall–Kier alpha value is -2.90. The molecule has 0 aliphatic carbocycles. The topological polar surface area (TPSA) is 81.1 Å². The highest BCUT2D eigenvalue weighted by molar-refractivity contribution is 5.99. The van der Waals surface area contributed by atoms with Gasteiger partial charge in [0.25, 0.3) is 5.91 Å². The van der Waals surface area contributed by atoms with Crippen molar-refractivity contribution in [3.63, 3.8) is 0 Å². The summed E-state index contributed by atoms with van der Waals surface area (Å²) in [6, 6.07) is 15.3. The molecule has 2 heterocycles. The number of hydrogen-bond acceptors (Lipinski definition) is 4. The zero-order valence-electron chi connectivity index (χ0n) is 17.1. The van der Waals surface area contributed by atoms with Crippen LogP contribution in [0, 0.1) is 6.92 Å². The minimum absolute atomic E-state index is 0.0268. The van der Waals surface area contributed by atoms with Crippen molar-refractivity contribution in [1.29, 1.82) is 0 Å². The van der Waals surface area contributed by atoms with E-state index in [1.54, 1.807) is 12.1 Å². The molecule has 7 heteroatoms. The fourth-order valence-corrected chi connectivity index (χ4v) is 3.85. The third kappa shape index (κ3) is 4.98. The molecule has 0 unspecified atom stereocenters. The summed E-state index contributed by atoms with van der Waals surface area (Å²) in [6.07, 6.45) is -0.865. The Bertz CT molecular complexity index is 894. The number of hydrogen-bond donors (Lipinski definition) is 3. The second-order valence-corrected chi connectivity index (χ2v) is 7.89. The van der Waals surface area contributed by atoms with E-state index in [0.29, 0.717) is 11.4 Å². The number of benzene rings is 2. The highest BCUT2D eigenvalue weighted by atomic mass is 16.5. The lowest BCUT2D eigenvalue weighted by Crippen LogP contribution is -3.14. The fourth-order valence-electron chi connectivity index (χ4n) is 3.85. The normalized spacial score (nSPS) is 19.9. The monoisotopic (exact) mass is 410 g/mol. The summed E-state index contributed by atoms with van der Waals surface area (Å²) in [6.45, 7) is 6.13. The van der Waals surface area contributed by atoms with Gasteiger partial charge >= 0.3 is 0 Å². The van der Waals surface area contributed by atoms with Gasteiger partial charge in [0.2, 0.25) is 5.91 Å². The first-order valence-corrected chi connectivity index (χ1v) is 10.4. The van der Waals surface area contributed by atoms with Gasteiger partial charge in [-0.2, -0.15) is 0 Å². The summed E-state index contributed by atoms with van der Waals surface area (Å²) in [5.41, 5.74) is 2.87. The van der Waals surface area contributed by atoms with Gasteiger partial charge < -0.3 is 25.0 Å². The maximum Gasteiger partial charge on any atom is 0.266 e. The Balaban J connectivity index is 1.43. The number of ether oxygens (including phenoxy) is 2. The molecule has 3 N–H and O–H groups in total. The fraction of sp³-hybridized carbons (Fsp3) is 0.391. The van der Waals surface area contributed by atoms with Crippen molar-refractivity contribution in [2.45, 2.75) is 25.5 Å². The number of amides is 2. The van der Waals surface area contributed by atoms with E-state index in [4.69, 9.17) is 9.47 Å². The zero-order valence-corrected chi connectivity index (χ0v) is 17.1. The van der Waals surface area contributed by atoms with Gasteiger partial charge in [-0.3, -0.25) is 9.59 Å². The van der Waals surface area contributed by atoms with E-state index in [1.807, 2.05) is 19.1 Å². The number of carbonyl (C=O) groups excluding carboxylic acids is 2. The maximum absolute atomic E-state index is 12.9. The van der Waals surface area contributed by atoms with Crippen LogP contribution in [0.15, 0.2) is 48.5 Å². The largest absolute Gasteiger partial charge is 0.478 e. The molecule has 7 nitrogen and oxygen atoms in total. The molecule has 4 rings (SSSR count). The van der Waals surface area contributed by atoms with Crippen molar-refractivity contribution in [1.82, 2.24) is 5.32 Å². The van der Waals surface area contributed by atoms with Crippen molar-refractivity contribution in [3.8, 4) is 5.75 Å². The van der Waals surface area contributed by atoms with Crippen LogP contribution in [0.1, 0.15) is 23.6 Å². The van der Waals surface area contributed by atoms with E-state index >= 15 is 0 Å². The van der Waals surface area contributed by atoms with Gasteiger partial charge in [-0.25, -0.2) is 0 Å². The summed E-state index contributed by atoms with van der Waals surface area (Å²) >= 11 is 0. The summed E-state index contributed by atoms with van der Waals surface area (Å²) in [5.74, 6) is 0.0880. The van der Waals surface area contributed by atoms with Crippen LogP contribution in [0.3, 0.4) is 0 Å². The van der Waals surface area contributed by atoms with E-state index in [-0.39, 0.29) is 24.3 Å². The first-order chi connectivity index (χ1) is 14.6. The SMILES string of the molecule is Cc1ccc([C@@H](C[NH+]2CCOCC2)NC(=O)C[C@@H]2Oc3ccccc3NC2=O)cc1. The molecule has 2 aromatic carbocycles. The lowest BCUT2D eigenvalue weighted by molar-refractivity contribution is -0.909. The van der Waals surface area contributed by atoms with Gasteiger partial charge in [-0.1, -0.05) is 42.0 Å². The van der Waals surface area contributed by atoms with Gasteiger partial charge in [-0.05, 0) is 24.6 Å². The van der Waals surface area contributed by atoms with Crippen LogP contribution in [0.5, 0.6) is 5.75 Å². The van der Waals surface area contributed by atoms with Crippen LogP contribution in [-0.2, 0) is 14.3 Å². The molecule has 1 saturated heterocycles. The highest BCUT2D eigenvalue weighted by Crippen LogP contribution is 2.29. The maximum atomic E-state index is 12.9. The van der Waals surface area contributed by atoms with Gasteiger partial charge in [0.05, 0.1) is 25.3 Å². The first-order valence-electron chi connectivity index (χ1n) is 10.4. The molecule has 1 fully saturated rings. The number of fused-ring (bicyclic) bond motifs is 1. The smallest absolute Gasteiger partial charge is 0.266 e. The lowest BCUT2D eigenvalue weighted by atomic mass is 10.0. The third-order valence-electron chi connectivity index (χ3n) is 5.59. The van der Waals surface area contributed by atoms with Crippen LogP contribution in [0.25, 0.3) is 0 Å². The van der Waals surface area contributed by atoms with Crippen LogP contribution in [-0.4, -0.2) is 50.8 Å². The Kier molecular flexibility index (Phi) is 6.30. The number of para-hydroxylation sites is 2. The zero-order chi connectivity index (χ0) is 20.9. The second kappa shape index (κ2) is 9.28. The van der Waals surface area contributed by atoms with E-state index in [2.05, 4.69) is 34.9 Å². The number of morpholine rings is 1. The molecule has 2 aromatic rings. The summed E-state index contributed by atoms with van der Waals surface area (Å²) in [4.78, 5) is 26.6. The van der Waals surface area contributed by atoms with Crippen LogP contribution in [0.2, 0.25) is 0 Å². The van der Waals surface area contributed by atoms with E-state index in [0.717, 1.165) is 38.4 Å². The summed E-state index contributed by atoms with van der Waals surface area (Å²) < 4.78 is 11.2. The molecule has 2 aliphatic heterocycles. The van der Waals surface area contributed by atoms with Crippen molar-refractivity contribution < 1.29 is 24.0 Å². The predicted octanol–water partition coefficient (Wildman–Crippen LogP) is 0.857. The van der Waals surface area contributed by atoms with Gasteiger partial charge in [-0.15, -0.1) is 0 Å². The number of nitrogens with one attached hydrogen (secondary N) is 3. The molecule has 0 bridgehead atoms. The molecular formula is C23H28N3O4+. The average molecular weight is 410 g/mol. The number of quaternary nitrogens is 1. The van der Waals surface area contributed by atoms with E-state index in [1.165, 1.54) is 10.5 Å². The first kappa shape index (κ1) is 20.4. The van der Waals surface area contributed by atoms with Crippen LogP contribution in [0.4, 0.5) is 5.69 Å². The summed E-state index contributed by atoms with van der Waals surface area (Å²) in [7, 11) is 0. The quantitative estimate of drug-likeness (QED) is 0.660. The van der Waals surface area contributed by atoms with Gasteiger partial charge in [0.1, 0.15) is 31.4 Å². The molecule has 0 spiro atoms. The Labute approximate surface area is 176 Å². The van der Waals surface area contributed by atoms with Gasteiger partial charge in [0, 0.05) is 0 Å². The van der Waals surface area contributed by atoms with Gasteiger partial charge in [0.15, 0.2) is 6.10 Å². The summed E-state index contributed by atoms with van der Waals surface area (Å²) in [5, 5.41) is 5.94. The highest BCUT2D eigenvalue weighted by Gasteiger charge is 2.31. The minimum Gasteiger partial charge on any atom is -0.478 e. The minimum atomic E-state index is -0.839.